The van der Waals surface area contributed by atoms with Crippen LogP contribution >= 0.6 is 35.3 Å². The SMILES string of the molecule is [B]C(O)(O)N(SN1CCC(n2ncc(Cl)c(Cl)c2=O)CC1)c1ccc(C#N)nc1. The predicted molar refractivity (Wildman–Crippen MR) is 110 cm³/mol. The van der Waals surface area contributed by atoms with Crippen LogP contribution in [-0.2, 0) is 0 Å². The lowest BCUT2D eigenvalue weighted by Gasteiger charge is -2.39. The molecule has 0 saturated carbocycles. The standard InChI is InChI=1S/C16H15BCl2N6O3S/c17-16(27,28)25(12-2-1-10(7-20)21-8-12)29-23-5-3-11(4-6-23)24-15(26)14(19)13(18)9-22-24/h1-2,8-9,11,27-28H,3-6H2. The molecule has 3 rings (SSSR count). The summed E-state index contributed by atoms with van der Waals surface area (Å²) < 4.78 is 4.26. The fraction of sp³-hybridized carbons (Fsp3) is 0.375. The molecule has 0 amide bonds. The molecule has 1 aliphatic heterocycles. The summed E-state index contributed by atoms with van der Waals surface area (Å²) in [5.41, 5.74) is 0.0609. The Hall–Kier alpha value is -1.81. The Labute approximate surface area is 182 Å². The Morgan fingerprint density at radius 1 is 1.31 bits per heavy atom. The number of piperidine rings is 1. The van der Waals surface area contributed by atoms with Crippen LogP contribution in [-0.4, -0.2) is 56.0 Å². The van der Waals surface area contributed by atoms with Crippen molar-refractivity contribution in [3.63, 3.8) is 0 Å². The summed E-state index contributed by atoms with van der Waals surface area (Å²) >= 11 is 12.7. The Bertz CT molecular complexity index is 971. The molecule has 150 valence electrons. The van der Waals surface area contributed by atoms with Crippen LogP contribution in [0.5, 0.6) is 0 Å². The lowest BCUT2D eigenvalue weighted by Crippen LogP contribution is -2.48. The number of nitriles is 1. The van der Waals surface area contributed by atoms with Crippen LogP contribution in [0.25, 0.3) is 0 Å². The third-order valence-corrected chi connectivity index (χ3v) is 6.25. The normalized spacial score (nSPS) is 15.8. The summed E-state index contributed by atoms with van der Waals surface area (Å²) in [4.78, 5) is 16.2. The van der Waals surface area contributed by atoms with Crippen molar-refractivity contribution in [1.29, 1.82) is 5.26 Å². The van der Waals surface area contributed by atoms with Gasteiger partial charge in [-0.05, 0) is 25.0 Å². The summed E-state index contributed by atoms with van der Waals surface area (Å²) in [5.74, 6) is -2.65. The minimum atomic E-state index is -2.65. The Kier molecular flexibility index (Phi) is 6.73. The van der Waals surface area contributed by atoms with Crippen molar-refractivity contribution in [2.75, 3.05) is 17.4 Å². The lowest BCUT2D eigenvalue weighted by atomic mass is 10.0. The van der Waals surface area contributed by atoms with Crippen LogP contribution in [0.2, 0.25) is 10.0 Å². The molecule has 1 fully saturated rings. The molecule has 2 aromatic heterocycles. The van der Waals surface area contributed by atoms with Gasteiger partial charge in [0.05, 0.1) is 29.1 Å². The van der Waals surface area contributed by atoms with Crippen molar-refractivity contribution < 1.29 is 10.2 Å². The maximum Gasteiger partial charge on any atom is 0.287 e. The van der Waals surface area contributed by atoms with E-state index in [-0.39, 0.29) is 21.8 Å². The molecule has 9 nitrogen and oxygen atoms in total. The predicted octanol–water partition coefficient (Wildman–Crippen LogP) is 1.29. The second-order valence-electron chi connectivity index (χ2n) is 6.29. The van der Waals surface area contributed by atoms with Gasteiger partial charge in [0.15, 0.2) is 13.7 Å². The third-order valence-electron chi connectivity index (χ3n) is 4.26. The number of nitrogens with zero attached hydrogens (tertiary/aromatic N) is 6. The van der Waals surface area contributed by atoms with Gasteiger partial charge in [-0.25, -0.2) is 14.0 Å². The molecule has 2 radical (unpaired) electrons. The number of hydrogen-bond acceptors (Lipinski definition) is 9. The van der Waals surface area contributed by atoms with Gasteiger partial charge in [-0.15, -0.1) is 0 Å². The second-order valence-corrected chi connectivity index (χ2v) is 8.12. The van der Waals surface area contributed by atoms with E-state index in [2.05, 4.69) is 10.1 Å². The molecule has 0 spiro atoms. The van der Waals surface area contributed by atoms with E-state index in [0.717, 1.165) is 16.4 Å². The number of aromatic nitrogens is 3. The van der Waals surface area contributed by atoms with E-state index >= 15 is 0 Å². The highest BCUT2D eigenvalue weighted by Crippen LogP contribution is 2.33. The van der Waals surface area contributed by atoms with Crippen molar-refractivity contribution in [1.82, 2.24) is 19.1 Å². The molecule has 0 unspecified atom stereocenters. The number of pyridine rings is 1. The fourth-order valence-electron chi connectivity index (χ4n) is 2.84. The van der Waals surface area contributed by atoms with E-state index in [0.29, 0.717) is 31.6 Å². The fourth-order valence-corrected chi connectivity index (χ4v) is 4.03. The van der Waals surface area contributed by atoms with Gasteiger partial charge in [0.2, 0.25) is 0 Å². The van der Waals surface area contributed by atoms with Gasteiger partial charge in [-0.1, -0.05) is 23.2 Å². The molecule has 1 aliphatic rings. The molecule has 1 saturated heterocycles. The van der Waals surface area contributed by atoms with Gasteiger partial charge >= 0.3 is 0 Å². The first-order valence-electron chi connectivity index (χ1n) is 8.46. The van der Waals surface area contributed by atoms with Gasteiger partial charge in [0.25, 0.3) is 5.56 Å². The molecule has 13 heteroatoms. The van der Waals surface area contributed by atoms with Crippen molar-refractivity contribution in [3.8, 4) is 6.07 Å². The largest absolute Gasteiger partial charge is 0.357 e. The van der Waals surface area contributed by atoms with Crippen LogP contribution in [0.4, 0.5) is 5.69 Å². The molecule has 2 N–H and O–H groups in total. The maximum atomic E-state index is 12.3. The summed E-state index contributed by atoms with van der Waals surface area (Å²) in [7, 11) is 5.48. The average molecular weight is 453 g/mol. The molecule has 0 atom stereocenters. The van der Waals surface area contributed by atoms with Crippen molar-refractivity contribution in [3.05, 3.63) is 50.6 Å². The van der Waals surface area contributed by atoms with Gasteiger partial charge in [-0.2, -0.15) is 10.4 Å². The van der Waals surface area contributed by atoms with Gasteiger partial charge < -0.3 is 10.2 Å². The van der Waals surface area contributed by atoms with Crippen molar-refractivity contribution in [2.24, 2.45) is 0 Å². The topological polar surface area (TPSA) is 119 Å². The first kappa shape index (κ1) is 21.9. The number of anilines is 1. The zero-order chi connectivity index (χ0) is 21.2. The minimum Gasteiger partial charge on any atom is -0.357 e. The molecule has 2 aromatic rings. The number of hydrogen-bond donors (Lipinski definition) is 2. The third kappa shape index (κ3) is 5.03. The summed E-state index contributed by atoms with van der Waals surface area (Å²) in [6.45, 7) is 1.03. The van der Waals surface area contributed by atoms with Crippen LogP contribution in [0.15, 0.2) is 29.3 Å². The first-order valence-corrected chi connectivity index (χ1v) is 9.95. The lowest BCUT2D eigenvalue weighted by molar-refractivity contribution is -0.0722. The van der Waals surface area contributed by atoms with Crippen molar-refractivity contribution in [2.45, 2.75) is 24.7 Å². The molecule has 3 heterocycles. The number of halogens is 2. The number of rotatable bonds is 5. The van der Waals surface area contributed by atoms with E-state index in [9.17, 15) is 15.0 Å². The zero-order valence-corrected chi connectivity index (χ0v) is 17.3. The van der Waals surface area contributed by atoms with Crippen LogP contribution in [0, 0.1) is 11.3 Å². The summed E-state index contributed by atoms with van der Waals surface area (Å²) in [6, 6.07) is 4.69. The highest BCUT2D eigenvalue weighted by Gasteiger charge is 2.31. The van der Waals surface area contributed by atoms with Gasteiger partial charge in [0, 0.05) is 25.2 Å². The highest BCUT2D eigenvalue weighted by atomic mass is 35.5. The van der Waals surface area contributed by atoms with E-state index in [1.165, 1.54) is 29.2 Å². The van der Waals surface area contributed by atoms with Gasteiger partial charge in [-0.3, -0.25) is 9.10 Å². The Morgan fingerprint density at radius 3 is 2.55 bits per heavy atom. The van der Waals surface area contributed by atoms with E-state index < -0.39 is 11.4 Å². The summed E-state index contributed by atoms with van der Waals surface area (Å²) in [5, 5.41) is 32.9. The van der Waals surface area contributed by atoms with Crippen molar-refractivity contribution >= 4 is 48.9 Å². The maximum absolute atomic E-state index is 12.3. The molecular formula is C16H15BCl2N6O3S. The van der Waals surface area contributed by atoms with E-state index in [1.807, 2.05) is 10.4 Å². The number of aliphatic hydroxyl groups is 2. The molecule has 0 aromatic carbocycles. The second kappa shape index (κ2) is 8.91. The molecule has 0 bridgehead atoms. The monoisotopic (exact) mass is 452 g/mol. The smallest absolute Gasteiger partial charge is 0.287 e. The Balaban J connectivity index is 1.70. The highest BCUT2D eigenvalue weighted by molar-refractivity contribution is 7.98. The van der Waals surface area contributed by atoms with Crippen LogP contribution < -0.4 is 9.86 Å². The molecule has 0 aliphatic carbocycles. The Morgan fingerprint density at radius 2 is 2.00 bits per heavy atom. The summed E-state index contributed by atoms with van der Waals surface area (Å²) in [6.07, 6.45) is 3.81. The first-order chi connectivity index (χ1) is 13.7. The molecule has 29 heavy (non-hydrogen) atoms. The van der Waals surface area contributed by atoms with E-state index in [1.54, 1.807) is 0 Å². The van der Waals surface area contributed by atoms with Gasteiger partial charge in [0.1, 0.15) is 16.8 Å². The minimum absolute atomic E-state index is 0.0635. The van der Waals surface area contributed by atoms with Crippen LogP contribution in [0.1, 0.15) is 24.6 Å². The van der Waals surface area contributed by atoms with E-state index in [4.69, 9.17) is 36.3 Å². The van der Waals surface area contributed by atoms with Crippen LogP contribution in [0.3, 0.4) is 0 Å². The average Bonchev–Trinajstić information content (AvgIpc) is 2.70. The molecular weight excluding hydrogens is 438 g/mol. The zero-order valence-electron chi connectivity index (χ0n) is 14.9. The quantitative estimate of drug-likeness (QED) is 0.392.